The average molecular weight is 154 g/mol. The van der Waals surface area contributed by atoms with Crippen LogP contribution in [0.1, 0.15) is 19.8 Å². The molecule has 0 radical (unpaired) electrons. The first-order valence-corrected chi connectivity index (χ1v) is 4.70. The zero-order valence-electron chi connectivity index (χ0n) is 7.46. The van der Waals surface area contributed by atoms with E-state index < -0.39 is 0 Å². The lowest BCUT2D eigenvalue weighted by molar-refractivity contribution is 0.157. The van der Waals surface area contributed by atoms with Crippen LogP contribution in [0.5, 0.6) is 0 Å². The molecule has 2 N–H and O–H groups in total. The summed E-state index contributed by atoms with van der Waals surface area (Å²) in [5.41, 5.74) is 5.92. The van der Waals surface area contributed by atoms with Gasteiger partial charge in [0.05, 0.1) is 0 Å². The molecule has 0 bridgehead atoms. The third-order valence-corrected chi connectivity index (χ3v) is 3.62. The van der Waals surface area contributed by atoms with E-state index in [2.05, 4.69) is 18.9 Å². The Balaban J connectivity index is 2.04. The molecule has 2 nitrogen and oxygen atoms in total. The van der Waals surface area contributed by atoms with Gasteiger partial charge in [-0.2, -0.15) is 0 Å². The molecule has 2 fully saturated rings. The van der Waals surface area contributed by atoms with Crippen LogP contribution >= 0.6 is 0 Å². The second-order valence-electron chi connectivity index (χ2n) is 4.14. The standard InChI is InChI=1S/C9H18N2/c1-3-9-6-4-8(10)7(6)5-11(9)2/h6-9H,3-5,10H2,1-2H3/t6-,7-,8+,9+/m0/s1. The van der Waals surface area contributed by atoms with E-state index in [1.54, 1.807) is 0 Å². The van der Waals surface area contributed by atoms with Gasteiger partial charge in [-0.25, -0.2) is 0 Å². The van der Waals surface area contributed by atoms with Crippen molar-refractivity contribution in [1.82, 2.24) is 4.90 Å². The van der Waals surface area contributed by atoms with Gasteiger partial charge in [0.1, 0.15) is 0 Å². The normalized spacial score (nSPS) is 50.5. The van der Waals surface area contributed by atoms with Crippen molar-refractivity contribution >= 4 is 0 Å². The minimum Gasteiger partial charge on any atom is -0.327 e. The quantitative estimate of drug-likeness (QED) is 0.601. The molecule has 2 rings (SSSR count). The van der Waals surface area contributed by atoms with Gasteiger partial charge in [0.15, 0.2) is 0 Å². The van der Waals surface area contributed by atoms with Crippen LogP contribution in [0.3, 0.4) is 0 Å². The highest BCUT2D eigenvalue weighted by molar-refractivity contribution is 5.04. The largest absolute Gasteiger partial charge is 0.327 e. The molecule has 0 amide bonds. The van der Waals surface area contributed by atoms with Crippen molar-refractivity contribution in [1.29, 1.82) is 0 Å². The molecule has 4 atom stereocenters. The molecule has 1 heterocycles. The van der Waals surface area contributed by atoms with Crippen LogP contribution in [0.25, 0.3) is 0 Å². The molecule has 0 aromatic rings. The predicted molar refractivity (Wildman–Crippen MR) is 46.3 cm³/mol. The van der Waals surface area contributed by atoms with Gasteiger partial charge in [-0.1, -0.05) is 6.92 Å². The molecule has 2 heteroatoms. The van der Waals surface area contributed by atoms with E-state index in [0.717, 1.165) is 17.9 Å². The summed E-state index contributed by atoms with van der Waals surface area (Å²) >= 11 is 0. The van der Waals surface area contributed by atoms with Crippen LogP contribution in [0.4, 0.5) is 0 Å². The lowest BCUT2D eigenvalue weighted by Crippen LogP contribution is -2.48. The number of nitrogens with two attached hydrogens (primary N) is 1. The summed E-state index contributed by atoms with van der Waals surface area (Å²) in [7, 11) is 2.24. The van der Waals surface area contributed by atoms with Crippen molar-refractivity contribution in [2.45, 2.75) is 31.8 Å². The van der Waals surface area contributed by atoms with Gasteiger partial charge in [-0.15, -0.1) is 0 Å². The van der Waals surface area contributed by atoms with Crippen LogP contribution in [0, 0.1) is 11.8 Å². The van der Waals surface area contributed by atoms with Gasteiger partial charge in [0.25, 0.3) is 0 Å². The Hall–Kier alpha value is -0.0800. The Morgan fingerprint density at radius 3 is 2.64 bits per heavy atom. The Bertz CT molecular complexity index is 158. The maximum atomic E-state index is 5.92. The van der Waals surface area contributed by atoms with Gasteiger partial charge in [-0.05, 0) is 31.7 Å². The number of nitrogens with zero attached hydrogens (tertiary/aromatic N) is 1. The molecule has 0 aromatic carbocycles. The lowest BCUT2D eigenvalue weighted by atomic mass is 9.69. The van der Waals surface area contributed by atoms with Crippen molar-refractivity contribution in [2.75, 3.05) is 13.6 Å². The lowest BCUT2D eigenvalue weighted by Gasteiger charge is -2.39. The maximum absolute atomic E-state index is 5.92. The predicted octanol–water partition coefficient (Wildman–Crippen LogP) is 0.674. The minimum atomic E-state index is 0.513. The molecular formula is C9H18N2. The molecule has 2 aliphatic rings. The number of hydrogen-bond donors (Lipinski definition) is 1. The first-order valence-electron chi connectivity index (χ1n) is 4.70. The maximum Gasteiger partial charge on any atom is 0.0122 e. The highest BCUT2D eigenvalue weighted by Crippen LogP contribution is 2.44. The number of likely N-dealkylation sites (tertiary alicyclic amines) is 1. The van der Waals surface area contributed by atoms with E-state index in [0.29, 0.717) is 6.04 Å². The first-order chi connectivity index (χ1) is 5.24. The molecule has 0 aromatic heterocycles. The fraction of sp³-hybridized carbons (Fsp3) is 1.00. The summed E-state index contributed by atoms with van der Waals surface area (Å²) < 4.78 is 0. The Kier molecular flexibility index (Phi) is 1.69. The van der Waals surface area contributed by atoms with E-state index in [1.165, 1.54) is 19.4 Å². The van der Waals surface area contributed by atoms with Crippen LogP contribution < -0.4 is 5.73 Å². The van der Waals surface area contributed by atoms with Crippen LogP contribution in [-0.4, -0.2) is 30.6 Å². The molecule has 11 heavy (non-hydrogen) atoms. The average Bonchev–Trinajstić information content (AvgIpc) is 2.24. The van der Waals surface area contributed by atoms with Crippen LogP contribution in [0.2, 0.25) is 0 Å². The number of rotatable bonds is 1. The Labute approximate surface area is 68.7 Å². The van der Waals surface area contributed by atoms with E-state index in [9.17, 15) is 0 Å². The Morgan fingerprint density at radius 1 is 1.45 bits per heavy atom. The summed E-state index contributed by atoms with van der Waals surface area (Å²) in [6.45, 7) is 3.53. The summed E-state index contributed by atoms with van der Waals surface area (Å²) in [6, 6.07) is 1.35. The Morgan fingerprint density at radius 2 is 2.18 bits per heavy atom. The van der Waals surface area contributed by atoms with Crippen LogP contribution in [0.15, 0.2) is 0 Å². The number of fused-ring (bicyclic) bond motifs is 1. The molecule has 1 saturated heterocycles. The fourth-order valence-corrected chi connectivity index (χ4v) is 2.91. The topological polar surface area (TPSA) is 29.3 Å². The summed E-state index contributed by atoms with van der Waals surface area (Å²) in [6.07, 6.45) is 2.57. The summed E-state index contributed by atoms with van der Waals surface area (Å²) in [4.78, 5) is 2.49. The van der Waals surface area contributed by atoms with Gasteiger partial charge in [0, 0.05) is 18.6 Å². The van der Waals surface area contributed by atoms with E-state index in [1.807, 2.05) is 0 Å². The van der Waals surface area contributed by atoms with Gasteiger partial charge < -0.3 is 10.6 Å². The smallest absolute Gasteiger partial charge is 0.0122 e. The van der Waals surface area contributed by atoms with Crippen LogP contribution in [-0.2, 0) is 0 Å². The van der Waals surface area contributed by atoms with E-state index in [-0.39, 0.29) is 0 Å². The zero-order valence-corrected chi connectivity index (χ0v) is 7.46. The SMILES string of the molecule is CC[C@@H]1[C@H]2C[C@@H](N)[C@H]2CN1C. The summed E-state index contributed by atoms with van der Waals surface area (Å²) in [5.74, 6) is 1.75. The second kappa shape index (κ2) is 2.46. The van der Waals surface area contributed by atoms with Gasteiger partial charge >= 0.3 is 0 Å². The first kappa shape index (κ1) is 7.56. The van der Waals surface area contributed by atoms with Crippen molar-refractivity contribution in [3.8, 4) is 0 Å². The molecule has 64 valence electrons. The third kappa shape index (κ3) is 0.926. The fourth-order valence-electron chi connectivity index (χ4n) is 2.91. The van der Waals surface area contributed by atoms with E-state index >= 15 is 0 Å². The molecule has 1 aliphatic heterocycles. The zero-order chi connectivity index (χ0) is 8.01. The number of hydrogen-bond acceptors (Lipinski definition) is 2. The molecule has 0 unspecified atom stereocenters. The molecule has 1 aliphatic carbocycles. The monoisotopic (exact) mass is 154 g/mol. The van der Waals surface area contributed by atoms with Gasteiger partial charge in [0.2, 0.25) is 0 Å². The van der Waals surface area contributed by atoms with Gasteiger partial charge in [-0.3, -0.25) is 0 Å². The van der Waals surface area contributed by atoms with Crippen molar-refractivity contribution in [2.24, 2.45) is 17.6 Å². The van der Waals surface area contributed by atoms with E-state index in [4.69, 9.17) is 5.73 Å². The van der Waals surface area contributed by atoms with Crippen molar-refractivity contribution in [3.05, 3.63) is 0 Å². The molecule has 0 spiro atoms. The third-order valence-electron chi connectivity index (χ3n) is 3.62. The van der Waals surface area contributed by atoms with Crippen molar-refractivity contribution in [3.63, 3.8) is 0 Å². The second-order valence-corrected chi connectivity index (χ2v) is 4.14. The minimum absolute atomic E-state index is 0.513. The van der Waals surface area contributed by atoms with Crippen molar-refractivity contribution < 1.29 is 0 Å². The summed E-state index contributed by atoms with van der Waals surface area (Å²) in [5, 5.41) is 0. The molecule has 1 saturated carbocycles. The molecular weight excluding hydrogens is 136 g/mol. The highest BCUT2D eigenvalue weighted by atomic mass is 15.2. The highest BCUT2D eigenvalue weighted by Gasteiger charge is 2.49.